The lowest BCUT2D eigenvalue weighted by Gasteiger charge is -2.42. The van der Waals surface area contributed by atoms with E-state index < -0.39 is 70.3 Å². The molecule has 4 fully saturated rings. The van der Waals surface area contributed by atoms with Gasteiger partial charge in [-0.3, -0.25) is 38.7 Å². The summed E-state index contributed by atoms with van der Waals surface area (Å²) in [4.78, 5) is 88.3. The molecule has 1 unspecified atom stereocenters. The van der Waals surface area contributed by atoms with E-state index in [-0.39, 0.29) is 53.5 Å². The normalized spacial score (nSPS) is 19.5. The maximum absolute atomic E-state index is 14.4. The number of amides is 5. The highest BCUT2D eigenvalue weighted by Crippen LogP contribution is 2.45. The van der Waals surface area contributed by atoms with E-state index >= 15 is 0 Å². The van der Waals surface area contributed by atoms with Crippen molar-refractivity contribution in [2.75, 3.05) is 141 Å². The van der Waals surface area contributed by atoms with Gasteiger partial charge in [0.25, 0.3) is 25.8 Å². The van der Waals surface area contributed by atoms with E-state index in [9.17, 15) is 54.0 Å². The van der Waals surface area contributed by atoms with Gasteiger partial charge < -0.3 is 40.3 Å². The van der Waals surface area contributed by atoms with Crippen LogP contribution in [0, 0.1) is 17.8 Å². The molecule has 0 spiro atoms. The number of thioether (sulfide) groups is 1. The summed E-state index contributed by atoms with van der Waals surface area (Å²) in [5.41, 5.74) is 2.61. The number of ether oxygens (including phenoxy) is 1. The molecule has 22 nitrogen and oxygen atoms in total. The molecule has 0 saturated carbocycles. The summed E-state index contributed by atoms with van der Waals surface area (Å²) in [5, 5.41) is 9.81. The lowest BCUT2D eigenvalue weighted by Crippen LogP contribution is -2.57. The molecule has 4 saturated heterocycles. The zero-order valence-corrected chi connectivity index (χ0v) is 69.1. The highest BCUT2D eigenvalue weighted by atomic mass is 35.5. The number of hydrogen-bond donors (Lipinski definition) is 4. The molecular formula is C82H106ClF3N12O10S4. The number of sulfone groups is 1. The fourth-order valence-corrected chi connectivity index (χ4v) is 19.5. The van der Waals surface area contributed by atoms with E-state index in [4.69, 9.17) is 16.3 Å². The number of carbonyl (C=O) groups excluding carboxylic acids is 5. The second kappa shape index (κ2) is 37.9. The molecule has 5 heterocycles. The van der Waals surface area contributed by atoms with Crippen molar-refractivity contribution in [3.63, 3.8) is 0 Å². The average Bonchev–Trinajstić information content (AvgIpc) is 0.954. The number of piperazine rings is 2. The Morgan fingerprint density at radius 3 is 2.12 bits per heavy atom. The molecular weight excluding hydrogens is 1530 g/mol. The molecule has 30 heteroatoms. The summed E-state index contributed by atoms with van der Waals surface area (Å²) in [5.74, 6) is -1.52. The van der Waals surface area contributed by atoms with E-state index in [1.54, 1.807) is 28.4 Å². The van der Waals surface area contributed by atoms with Crippen molar-refractivity contribution in [3.8, 4) is 10.4 Å². The first-order valence-corrected chi connectivity index (χ1v) is 43.9. The minimum atomic E-state index is -6.11. The summed E-state index contributed by atoms with van der Waals surface area (Å²) in [6.45, 7) is 24.2. The summed E-state index contributed by atoms with van der Waals surface area (Å²) >= 11 is 9.43. The maximum atomic E-state index is 14.4. The molecule has 4 aliphatic heterocycles. The SMILES string of the molecule is Cc1ncsc1-c1ccc([C@H](C)NC(=O)[C@@H]2CCCN2C(=O)[C@@H](NC(=O)CCCC(=O)N2CCN(CCN(C)CC3(C)CCC(c4ccc(Cl)cc4)=C(CN4CCN(c5ccc(C(=O)NS(=O)(=O)c6ccc(N[C@H](CCN7CCOCC7)CSc7ccccc7)c(S(=O)(=O)C(F)(F)F)c6)cc5)CC4)C3)CC2)C(C)(C)C)cc1. The van der Waals surface area contributed by atoms with Gasteiger partial charge in [-0.05, 0) is 166 Å². The van der Waals surface area contributed by atoms with Gasteiger partial charge in [0.15, 0.2) is 0 Å². The number of thiazole rings is 1. The minimum absolute atomic E-state index is 0.00538. The highest BCUT2D eigenvalue weighted by molar-refractivity contribution is 7.99. The van der Waals surface area contributed by atoms with Crippen LogP contribution in [0.4, 0.5) is 24.5 Å². The van der Waals surface area contributed by atoms with Gasteiger partial charge in [0.1, 0.15) is 17.0 Å². The number of carbonyl (C=O) groups is 5. The number of benzene rings is 5. The molecule has 5 amide bonds. The van der Waals surface area contributed by atoms with Crippen molar-refractivity contribution in [3.05, 3.63) is 160 Å². The number of nitrogens with zero attached hydrogens (tertiary/aromatic N) is 8. The maximum Gasteiger partial charge on any atom is 0.501 e. The second-order valence-electron chi connectivity index (χ2n) is 31.6. The molecule has 5 aromatic carbocycles. The van der Waals surface area contributed by atoms with Gasteiger partial charge in [-0.25, -0.2) is 26.5 Å². The number of likely N-dealkylation sites (N-methyl/N-ethyl adjacent to an activating group) is 1. The zero-order chi connectivity index (χ0) is 80.1. The Morgan fingerprint density at radius 2 is 1.46 bits per heavy atom. The Labute approximate surface area is 670 Å². The van der Waals surface area contributed by atoms with Crippen LogP contribution in [-0.4, -0.2) is 235 Å². The third-order valence-electron chi connectivity index (χ3n) is 22.1. The van der Waals surface area contributed by atoms with Crippen LogP contribution < -0.4 is 25.6 Å². The molecule has 4 N–H and O–H groups in total. The Kier molecular flexibility index (Phi) is 28.9. The molecule has 606 valence electrons. The van der Waals surface area contributed by atoms with Gasteiger partial charge in [-0.1, -0.05) is 99.5 Å². The molecule has 5 atom stereocenters. The first kappa shape index (κ1) is 85.4. The number of aryl methyl sites for hydroxylation is 1. The lowest BCUT2D eigenvalue weighted by molar-refractivity contribution is -0.144. The standard InChI is InChI=1S/C82H106ClF3N12O10S4/c1-57(59-18-20-61(21-19-59)75-58(2)87-56-110-75)88-78(102)71-15-12-35-98(71)79(103)76(80(3,4)5)90-73(99)16-11-17-74(100)97-45-39-94(40-46-97)38-37-92(7)55-81(6)34-32-69(60-22-26-64(83)27-23-60)63(52-81)53-95-41-43-96(44-42-95)66-28-24-62(25-29-66)77(101)91-112(106,107)68-30-31-70(72(51-68)111(104,105)82(84,85)86)89-65(33-36-93-47-49-108-50-48-93)54-109-67-13-9-8-10-14-67/h8-10,13-14,18-31,51,56-57,65,71,76,89H,11-12,15-17,32-50,52-55H2,1-7H3,(H,88,102)(H,90,99)(H,91,101)/t57-,65+,71-,76+,81?/m0/s1. The Hall–Kier alpha value is -7.45. The van der Waals surface area contributed by atoms with Gasteiger partial charge in [-0.15, -0.1) is 23.1 Å². The van der Waals surface area contributed by atoms with E-state index in [0.717, 1.165) is 122 Å². The van der Waals surface area contributed by atoms with E-state index in [0.29, 0.717) is 108 Å². The van der Waals surface area contributed by atoms with Gasteiger partial charge >= 0.3 is 5.51 Å². The third kappa shape index (κ3) is 22.6. The first-order chi connectivity index (χ1) is 53.3. The molecule has 0 bridgehead atoms. The van der Waals surface area contributed by atoms with Crippen LogP contribution in [0.25, 0.3) is 16.0 Å². The number of nitrogens with one attached hydrogen (secondary N) is 4. The predicted molar refractivity (Wildman–Crippen MR) is 436 cm³/mol. The molecule has 1 aliphatic carbocycles. The topological polar surface area (TPSA) is 247 Å². The molecule has 112 heavy (non-hydrogen) atoms. The van der Waals surface area contributed by atoms with Crippen molar-refractivity contribution >= 4 is 101 Å². The number of allylic oxidation sites excluding steroid dienone is 1. The van der Waals surface area contributed by atoms with Crippen LogP contribution in [0.2, 0.25) is 5.02 Å². The predicted octanol–water partition coefficient (Wildman–Crippen LogP) is 11.9. The Balaban J connectivity index is 0.623. The monoisotopic (exact) mass is 1640 g/mol. The number of hydrogen-bond acceptors (Lipinski definition) is 19. The number of aromatic nitrogens is 1. The van der Waals surface area contributed by atoms with Crippen molar-refractivity contribution in [1.82, 2.24) is 49.7 Å². The van der Waals surface area contributed by atoms with Gasteiger partial charge in [0.2, 0.25) is 23.6 Å². The summed E-state index contributed by atoms with van der Waals surface area (Å²) < 4.78 is 105. The first-order valence-electron chi connectivity index (χ1n) is 38.7. The molecule has 11 rings (SSSR count). The van der Waals surface area contributed by atoms with Crippen LogP contribution in [0.1, 0.15) is 126 Å². The summed E-state index contributed by atoms with van der Waals surface area (Å²) in [6, 6.07) is 31.9. The van der Waals surface area contributed by atoms with Crippen LogP contribution in [0.15, 0.2) is 147 Å². The second-order valence-corrected chi connectivity index (χ2v) is 37.6. The fraction of sp³-hybridized carbons (Fsp3) is 0.512. The number of anilines is 2. The number of rotatable bonds is 31. The fourth-order valence-electron chi connectivity index (χ4n) is 15.6. The van der Waals surface area contributed by atoms with Crippen molar-refractivity contribution in [1.29, 1.82) is 0 Å². The van der Waals surface area contributed by atoms with Gasteiger partial charge in [-0.2, -0.15) is 13.2 Å². The Morgan fingerprint density at radius 1 is 0.786 bits per heavy atom. The number of sulfonamides is 1. The van der Waals surface area contributed by atoms with Crippen LogP contribution in [-0.2, 0) is 43.8 Å². The van der Waals surface area contributed by atoms with Crippen LogP contribution in [0.3, 0.4) is 0 Å². The summed E-state index contributed by atoms with van der Waals surface area (Å²) in [7, 11) is -8.84. The lowest BCUT2D eigenvalue weighted by atomic mass is 9.71. The third-order valence-corrected chi connectivity index (χ3v) is 27.3. The summed E-state index contributed by atoms with van der Waals surface area (Å²) in [6.07, 6.45) is 5.07. The van der Waals surface area contributed by atoms with Crippen LogP contribution >= 0.6 is 34.7 Å². The van der Waals surface area contributed by atoms with Gasteiger partial charge in [0.05, 0.1) is 45.9 Å². The van der Waals surface area contributed by atoms with Gasteiger partial charge in [0, 0.05) is 151 Å². The van der Waals surface area contributed by atoms with E-state index in [1.165, 1.54) is 35.0 Å². The Bertz CT molecular complexity index is 4500. The highest BCUT2D eigenvalue weighted by Gasteiger charge is 2.49. The number of halogens is 4. The molecule has 5 aliphatic rings. The number of alkyl halides is 3. The smallest absolute Gasteiger partial charge is 0.380 e. The van der Waals surface area contributed by atoms with Crippen molar-refractivity contribution in [2.24, 2.45) is 10.8 Å². The quantitative estimate of drug-likeness (QED) is 0.0295. The van der Waals surface area contributed by atoms with E-state index in [2.05, 4.69) is 71.5 Å². The van der Waals surface area contributed by atoms with Crippen molar-refractivity contribution in [2.45, 2.75) is 144 Å². The largest absolute Gasteiger partial charge is 0.501 e. The number of likely N-dealkylation sites (tertiary alicyclic amines) is 1. The van der Waals surface area contributed by atoms with Crippen LogP contribution in [0.5, 0.6) is 0 Å². The molecule has 0 radical (unpaired) electrons. The van der Waals surface area contributed by atoms with Crippen molar-refractivity contribution < 1.29 is 58.7 Å². The van der Waals surface area contributed by atoms with E-state index in [1.807, 2.05) is 116 Å². The average molecular weight is 1640 g/mol. The minimum Gasteiger partial charge on any atom is -0.380 e. The zero-order valence-electron chi connectivity index (χ0n) is 65.0. The molecule has 6 aromatic rings. The number of morpholine rings is 1. The molecule has 1 aromatic heterocycles.